The maximum Gasteiger partial charge on any atom is 0.416 e. The molecule has 2 aromatic carbocycles. The van der Waals surface area contributed by atoms with Crippen LogP contribution in [0, 0.1) is 5.92 Å². The average molecular weight is 483 g/mol. The second kappa shape index (κ2) is 10.6. The van der Waals surface area contributed by atoms with E-state index in [0.717, 1.165) is 17.8 Å². The number of halogens is 3. The molecule has 1 aliphatic rings. The van der Waals surface area contributed by atoms with Crippen molar-refractivity contribution in [1.82, 2.24) is 9.88 Å². The van der Waals surface area contributed by atoms with Crippen LogP contribution in [0.15, 0.2) is 72.9 Å². The summed E-state index contributed by atoms with van der Waals surface area (Å²) in [5.41, 5.74) is 0.801. The first-order chi connectivity index (χ1) is 16.8. The molecule has 0 radical (unpaired) electrons. The van der Waals surface area contributed by atoms with E-state index in [9.17, 15) is 22.8 Å². The summed E-state index contributed by atoms with van der Waals surface area (Å²) < 4.78 is 44.0. The number of nitrogens with zero attached hydrogens (tertiary/aromatic N) is 2. The molecule has 1 N–H and O–H groups in total. The quantitative estimate of drug-likeness (QED) is 0.525. The van der Waals surface area contributed by atoms with Crippen molar-refractivity contribution in [3.05, 3.63) is 89.7 Å². The smallest absolute Gasteiger partial charge is 0.416 e. The van der Waals surface area contributed by atoms with Crippen molar-refractivity contribution in [3.63, 3.8) is 0 Å². The fraction of sp³-hybridized carbons (Fsp3) is 0.269. The highest BCUT2D eigenvalue weighted by Crippen LogP contribution is 2.29. The number of ether oxygens (including phenoxy) is 1. The Bertz CT molecular complexity index is 1160. The maximum atomic E-state index is 12.8. The third-order valence-corrected chi connectivity index (χ3v) is 5.83. The predicted octanol–water partition coefficient (Wildman–Crippen LogP) is 5.17. The fourth-order valence-corrected chi connectivity index (χ4v) is 3.88. The highest BCUT2D eigenvalue weighted by atomic mass is 19.4. The number of benzene rings is 2. The van der Waals surface area contributed by atoms with Gasteiger partial charge in [0, 0.05) is 42.5 Å². The lowest BCUT2D eigenvalue weighted by molar-refractivity contribution is -0.137. The van der Waals surface area contributed by atoms with Crippen molar-refractivity contribution in [2.24, 2.45) is 5.92 Å². The number of aromatic nitrogens is 1. The summed E-state index contributed by atoms with van der Waals surface area (Å²) in [5.74, 6) is -0.154. The molecule has 1 aromatic heterocycles. The Kier molecular flexibility index (Phi) is 7.33. The van der Waals surface area contributed by atoms with Crippen molar-refractivity contribution in [1.29, 1.82) is 0 Å². The second-order valence-corrected chi connectivity index (χ2v) is 8.27. The Hall–Kier alpha value is -3.88. The van der Waals surface area contributed by atoms with Gasteiger partial charge in [-0.05, 0) is 61.4 Å². The van der Waals surface area contributed by atoms with Gasteiger partial charge in [0.15, 0.2) is 0 Å². The van der Waals surface area contributed by atoms with Crippen LogP contribution >= 0.6 is 0 Å². The van der Waals surface area contributed by atoms with Gasteiger partial charge >= 0.3 is 6.18 Å². The van der Waals surface area contributed by atoms with Gasteiger partial charge in [-0.2, -0.15) is 13.2 Å². The molecule has 0 spiro atoms. The molecule has 0 aliphatic carbocycles. The van der Waals surface area contributed by atoms with Crippen LogP contribution in [-0.2, 0) is 17.6 Å². The van der Waals surface area contributed by atoms with E-state index in [4.69, 9.17) is 4.74 Å². The van der Waals surface area contributed by atoms with Gasteiger partial charge in [-0.15, -0.1) is 0 Å². The van der Waals surface area contributed by atoms with E-state index in [1.165, 1.54) is 12.1 Å². The minimum Gasteiger partial charge on any atom is -0.487 e. The molecule has 1 saturated heterocycles. The third kappa shape index (κ3) is 6.38. The lowest BCUT2D eigenvalue weighted by atomic mass is 9.95. The molecule has 182 valence electrons. The van der Waals surface area contributed by atoms with Crippen molar-refractivity contribution in [2.75, 3.05) is 18.4 Å². The number of rotatable bonds is 6. The maximum absolute atomic E-state index is 12.8. The van der Waals surface area contributed by atoms with Gasteiger partial charge in [0.05, 0.1) is 11.3 Å². The zero-order valence-electron chi connectivity index (χ0n) is 18.8. The van der Waals surface area contributed by atoms with Crippen LogP contribution in [0.25, 0.3) is 0 Å². The number of anilines is 1. The Morgan fingerprint density at radius 1 is 1.00 bits per heavy atom. The summed E-state index contributed by atoms with van der Waals surface area (Å²) in [6, 6.07) is 16.8. The summed E-state index contributed by atoms with van der Waals surface area (Å²) in [4.78, 5) is 31.2. The highest BCUT2D eigenvalue weighted by molar-refractivity contribution is 5.95. The Morgan fingerprint density at radius 2 is 1.74 bits per heavy atom. The van der Waals surface area contributed by atoms with Gasteiger partial charge in [0.25, 0.3) is 5.91 Å². The average Bonchev–Trinajstić information content (AvgIpc) is 2.87. The molecule has 0 bridgehead atoms. The van der Waals surface area contributed by atoms with E-state index < -0.39 is 11.7 Å². The molecule has 9 heteroatoms. The number of hydrogen-bond acceptors (Lipinski definition) is 4. The number of amides is 2. The van der Waals surface area contributed by atoms with Gasteiger partial charge in [-0.3, -0.25) is 14.6 Å². The predicted molar refractivity (Wildman–Crippen MR) is 124 cm³/mol. The van der Waals surface area contributed by atoms with E-state index in [-0.39, 0.29) is 23.3 Å². The topological polar surface area (TPSA) is 71.5 Å². The summed E-state index contributed by atoms with van der Waals surface area (Å²) >= 11 is 0. The molecule has 0 unspecified atom stereocenters. The van der Waals surface area contributed by atoms with Crippen molar-refractivity contribution in [2.45, 2.75) is 25.6 Å². The zero-order valence-corrected chi connectivity index (χ0v) is 18.8. The molecule has 3 aromatic rings. The summed E-state index contributed by atoms with van der Waals surface area (Å²) in [7, 11) is 0. The standard InChI is InChI=1S/C26H24F3N3O3/c27-26(28,29)20-9-7-19(8-10-20)25(34)32-14-11-18(12-15-32)24(33)31-21-5-3-6-23(16-21)35-17-22-4-1-2-13-30-22/h1-10,13,16,18H,11-12,14-15,17H2,(H,31,33). The zero-order chi connectivity index (χ0) is 24.8. The summed E-state index contributed by atoms with van der Waals surface area (Å²) in [6.07, 6.45) is -1.82. The van der Waals surface area contributed by atoms with Crippen LogP contribution in [0.2, 0.25) is 0 Å². The van der Waals surface area contributed by atoms with Gasteiger partial charge < -0.3 is 15.0 Å². The van der Waals surface area contributed by atoms with Gasteiger partial charge in [-0.25, -0.2) is 0 Å². The molecule has 0 atom stereocenters. The minimum absolute atomic E-state index is 0.145. The highest BCUT2D eigenvalue weighted by Gasteiger charge is 2.31. The first-order valence-electron chi connectivity index (χ1n) is 11.2. The second-order valence-electron chi connectivity index (χ2n) is 8.27. The molecule has 0 saturated carbocycles. The van der Waals surface area contributed by atoms with Crippen LogP contribution in [-0.4, -0.2) is 34.8 Å². The Labute approximate surface area is 200 Å². The van der Waals surface area contributed by atoms with Crippen molar-refractivity contribution >= 4 is 17.5 Å². The minimum atomic E-state index is -4.45. The SMILES string of the molecule is O=C(Nc1cccc(OCc2ccccn2)c1)C1CCN(C(=O)c2ccc(C(F)(F)F)cc2)CC1. The van der Waals surface area contributed by atoms with Gasteiger partial charge in [-0.1, -0.05) is 12.1 Å². The first-order valence-corrected chi connectivity index (χ1v) is 11.2. The van der Waals surface area contributed by atoms with Crippen LogP contribution in [0.1, 0.15) is 34.5 Å². The monoisotopic (exact) mass is 483 g/mol. The fourth-order valence-electron chi connectivity index (χ4n) is 3.88. The molecule has 2 amide bonds. The Morgan fingerprint density at radius 3 is 2.40 bits per heavy atom. The lowest BCUT2D eigenvalue weighted by Gasteiger charge is -2.31. The number of pyridine rings is 1. The molecule has 6 nitrogen and oxygen atoms in total. The van der Waals surface area contributed by atoms with E-state index in [1.54, 1.807) is 35.4 Å². The van der Waals surface area contributed by atoms with Gasteiger partial charge in [0.2, 0.25) is 5.91 Å². The molecule has 4 rings (SSSR count). The Balaban J connectivity index is 1.28. The van der Waals surface area contributed by atoms with E-state index in [1.807, 2.05) is 18.2 Å². The van der Waals surface area contributed by atoms with Gasteiger partial charge in [0.1, 0.15) is 12.4 Å². The van der Waals surface area contributed by atoms with E-state index in [0.29, 0.717) is 44.0 Å². The molecule has 2 heterocycles. The number of carbonyl (C=O) groups excluding carboxylic acids is 2. The number of alkyl halides is 3. The van der Waals surface area contributed by atoms with Crippen LogP contribution < -0.4 is 10.1 Å². The third-order valence-electron chi connectivity index (χ3n) is 5.83. The molecule has 1 aliphatic heterocycles. The summed E-state index contributed by atoms with van der Waals surface area (Å²) in [6.45, 7) is 1.01. The first kappa shape index (κ1) is 24.3. The molecular formula is C26H24F3N3O3. The van der Waals surface area contributed by atoms with Crippen molar-refractivity contribution < 1.29 is 27.5 Å². The number of piperidine rings is 1. The van der Waals surface area contributed by atoms with Crippen LogP contribution in [0.4, 0.5) is 18.9 Å². The van der Waals surface area contributed by atoms with Crippen LogP contribution in [0.5, 0.6) is 5.75 Å². The molecule has 35 heavy (non-hydrogen) atoms. The molecular weight excluding hydrogens is 459 g/mol. The lowest BCUT2D eigenvalue weighted by Crippen LogP contribution is -2.41. The number of likely N-dealkylation sites (tertiary alicyclic amines) is 1. The van der Waals surface area contributed by atoms with Crippen LogP contribution in [0.3, 0.4) is 0 Å². The van der Waals surface area contributed by atoms with E-state index >= 15 is 0 Å². The van der Waals surface area contributed by atoms with E-state index in [2.05, 4.69) is 10.3 Å². The van der Waals surface area contributed by atoms with Crippen molar-refractivity contribution in [3.8, 4) is 5.75 Å². The number of carbonyl (C=O) groups is 2. The normalized spacial score (nSPS) is 14.4. The largest absolute Gasteiger partial charge is 0.487 e. The molecule has 1 fully saturated rings. The number of hydrogen-bond donors (Lipinski definition) is 1. The number of nitrogens with one attached hydrogen (secondary N) is 1. The summed E-state index contributed by atoms with van der Waals surface area (Å²) in [5, 5.41) is 2.90.